The van der Waals surface area contributed by atoms with Crippen LogP contribution in [-0.4, -0.2) is 62.5 Å². The van der Waals surface area contributed by atoms with E-state index in [4.69, 9.17) is 4.74 Å². The number of ether oxygens (including phenoxy) is 1. The van der Waals surface area contributed by atoms with Gasteiger partial charge in [-0.1, -0.05) is 72.8 Å². The van der Waals surface area contributed by atoms with Crippen LogP contribution < -0.4 is 4.90 Å². The highest BCUT2D eigenvalue weighted by Crippen LogP contribution is 2.46. The van der Waals surface area contributed by atoms with E-state index >= 15 is 0 Å². The lowest BCUT2D eigenvalue weighted by molar-refractivity contribution is -0.231. The highest BCUT2D eigenvalue weighted by atomic mass is 19.1. The molecule has 0 saturated carbocycles. The van der Waals surface area contributed by atoms with Gasteiger partial charge in [0.05, 0.1) is 24.7 Å². The minimum Gasteiger partial charge on any atom is -0.394 e. The molecule has 6 rings (SSSR count). The minimum absolute atomic E-state index is 0.0196. The monoisotopic (exact) mass is 613 g/mol. The smallest absolute Gasteiger partial charge is 0.233 e. The predicted octanol–water partition coefficient (Wildman–Crippen LogP) is 4.23. The third-order valence-corrected chi connectivity index (χ3v) is 8.95. The average molecular weight is 614 g/mol. The van der Waals surface area contributed by atoms with Crippen LogP contribution in [0.4, 0.5) is 10.1 Å². The zero-order valence-electron chi connectivity index (χ0n) is 24.4. The molecule has 4 aromatic rings. The molecule has 45 heavy (non-hydrogen) atoms. The zero-order chi connectivity index (χ0) is 31.7. The van der Waals surface area contributed by atoms with Crippen LogP contribution in [0.2, 0.25) is 0 Å². The first-order valence-electron chi connectivity index (χ1n) is 15.1. The van der Waals surface area contributed by atoms with Crippen LogP contribution >= 0.6 is 0 Å². The van der Waals surface area contributed by atoms with Crippen LogP contribution in [0.25, 0.3) is 11.1 Å². The van der Waals surface area contributed by atoms with E-state index in [0.717, 1.165) is 22.4 Å². The van der Waals surface area contributed by atoms with Crippen molar-refractivity contribution in [1.82, 2.24) is 0 Å². The van der Waals surface area contributed by atoms with Crippen LogP contribution in [0.5, 0.6) is 0 Å². The Kier molecular flexibility index (Phi) is 9.09. The highest BCUT2D eigenvalue weighted by molar-refractivity contribution is 6.03. The van der Waals surface area contributed by atoms with Gasteiger partial charge in [-0.3, -0.25) is 4.79 Å². The van der Waals surface area contributed by atoms with Crippen molar-refractivity contribution in [3.63, 3.8) is 0 Å². The summed E-state index contributed by atoms with van der Waals surface area (Å²) in [5.41, 5.74) is 4.64. The van der Waals surface area contributed by atoms with Crippen LogP contribution in [0.1, 0.15) is 47.8 Å². The van der Waals surface area contributed by atoms with Gasteiger partial charge in [-0.25, -0.2) is 4.39 Å². The number of carbonyl (C=O) groups excluding carboxylic acids is 1. The van der Waals surface area contributed by atoms with Crippen molar-refractivity contribution in [3.05, 3.63) is 126 Å². The molecule has 0 aliphatic carbocycles. The van der Waals surface area contributed by atoms with E-state index in [1.54, 1.807) is 23.1 Å². The SMILES string of the molecule is O=C1[C@H](CCC(O)c2ccc(F)cc2)[C@@H](c2ccc(-c3cccc([C@@H]4O[C@H](CO)[C@@H](O)[C@H](O)[C@H]4O)c3)cc2)N1c1ccccc1. The zero-order valence-corrected chi connectivity index (χ0v) is 24.4. The molecule has 9 heteroatoms. The lowest BCUT2D eigenvalue weighted by Gasteiger charge is -2.48. The molecule has 2 aliphatic heterocycles. The van der Waals surface area contributed by atoms with Crippen molar-refractivity contribution in [2.24, 2.45) is 5.92 Å². The number of β-lactam (4-membered cyclic amide) rings is 1. The first-order valence-corrected chi connectivity index (χ1v) is 15.1. The standard InChI is InChI=1S/C36H36FNO7/c37-26-15-13-22(14-16-26)29(40)18-17-28-31(38(36(28)44)27-7-2-1-3-8-27)23-11-9-21(10-12-23)24-5-4-6-25(19-24)35-34(43)33(42)32(41)30(20-39)45-35/h1-16,19,28-35,39-43H,17-18,20H2/t28-,29?,30-,31-,32-,33+,34-,35+/m1/s1. The van der Waals surface area contributed by atoms with E-state index in [1.165, 1.54) is 12.1 Å². The molecule has 8 nitrogen and oxygen atoms in total. The van der Waals surface area contributed by atoms with E-state index in [9.17, 15) is 34.7 Å². The molecule has 2 saturated heterocycles. The number of para-hydroxylation sites is 1. The molecule has 0 radical (unpaired) electrons. The van der Waals surface area contributed by atoms with Gasteiger partial charge in [-0.15, -0.1) is 0 Å². The van der Waals surface area contributed by atoms with E-state index in [2.05, 4.69) is 0 Å². The lowest BCUT2D eigenvalue weighted by atomic mass is 9.78. The van der Waals surface area contributed by atoms with Crippen molar-refractivity contribution in [2.75, 3.05) is 11.5 Å². The molecular formula is C36H36FNO7. The average Bonchev–Trinajstić information content (AvgIpc) is 3.07. The largest absolute Gasteiger partial charge is 0.394 e. The molecule has 2 heterocycles. The normalized spacial score (nSPS) is 27.2. The van der Waals surface area contributed by atoms with Gasteiger partial charge in [0.25, 0.3) is 0 Å². The summed E-state index contributed by atoms with van der Waals surface area (Å²) in [6.07, 6.45) is -6.22. The van der Waals surface area contributed by atoms with Gasteiger partial charge in [-0.05, 0) is 71.0 Å². The number of amides is 1. The Morgan fingerprint density at radius 2 is 1.49 bits per heavy atom. The summed E-state index contributed by atoms with van der Waals surface area (Å²) in [4.78, 5) is 15.2. The molecule has 2 aliphatic rings. The van der Waals surface area contributed by atoms with Gasteiger partial charge in [0.1, 0.15) is 36.3 Å². The number of carbonyl (C=O) groups is 1. The summed E-state index contributed by atoms with van der Waals surface area (Å²) < 4.78 is 19.1. The van der Waals surface area contributed by atoms with Crippen LogP contribution in [-0.2, 0) is 9.53 Å². The Hall–Kier alpha value is -3.96. The fourth-order valence-corrected chi connectivity index (χ4v) is 6.42. The van der Waals surface area contributed by atoms with Crippen LogP contribution in [0, 0.1) is 11.7 Å². The van der Waals surface area contributed by atoms with Gasteiger partial charge in [-0.2, -0.15) is 0 Å². The molecule has 8 atom stereocenters. The Morgan fingerprint density at radius 3 is 2.18 bits per heavy atom. The van der Waals surface area contributed by atoms with Gasteiger partial charge in [0.15, 0.2) is 0 Å². The van der Waals surface area contributed by atoms with E-state index in [0.29, 0.717) is 24.0 Å². The maximum atomic E-state index is 13.4. The van der Waals surface area contributed by atoms with Gasteiger partial charge >= 0.3 is 0 Å². The fourth-order valence-electron chi connectivity index (χ4n) is 6.42. The molecule has 0 aromatic heterocycles. The molecule has 234 valence electrons. The second-order valence-electron chi connectivity index (χ2n) is 11.7. The molecule has 2 fully saturated rings. The predicted molar refractivity (Wildman–Crippen MR) is 165 cm³/mol. The van der Waals surface area contributed by atoms with Crippen LogP contribution in [0.3, 0.4) is 0 Å². The molecule has 0 bridgehead atoms. The third kappa shape index (κ3) is 6.15. The van der Waals surface area contributed by atoms with Crippen molar-refractivity contribution in [2.45, 2.75) is 55.5 Å². The molecular weight excluding hydrogens is 577 g/mol. The summed E-state index contributed by atoms with van der Waals surface area (Å²) in [6, 6.07) is 30.1. The first kappa shape index (κ1) is 31.0. The van der Waals surface area contributed by atoms with E-state index in [-0.39, 0.29) is 23.7 Å². The van der Waals surface area contributed by atoms with Crippen molar-refractivity contribution in [3.8, 4) is 11.1 Å². The summed E-state index contributed by atoms with van der Waals surface area (Å²) in [6.45, 7) is -0.502. The van der Waals surface area contributed by atoms with Crippen molar-refractivity contribution >= 4 is 11.6 Å². The number of anilines is 1. The Bertz CT molecular complexity index is 1600. The quantitative estimate of drug-likeness (QED) is 0.179. The molecule has 1 unspecified atom stereocenters. The highest BCUT2D eigenvalue weighted by Gasteiger charge is 2.48. The second kappa shape index (κ2) is 13.2. The lowest BCUT2D eigenvalue weighted by Crippen LogP contribution is -2.55. The first-order chi connectivity index (χ1) is 21.8. The third-order valence-electron chi connectivity index (χ3n) is 8.95. The number of benzene rings is 4. The van der Waals surface area contributed by atoms with Gasteiger partial charge in [0.2, 0.25) is 5.91 Å². The maximum absolute atomic E-state index is 13.4. The van der Waals surface area contributed by atoms with Crippen molar-refractivity contribution in [1.29, 1.82) is 0 Å². The summed E-state index contributed by atoms with van der Waals surface area (Å²) in [5, 5.41) is 51.3. The fraction of sp³-hybridized carbons (Fsp3) is 0.306. The number of rotatable bonds is 9. The van der Waals surface area contributed by atoms with Crippen LogP contribution in [0.15, 0.2) is 103 Å². The molecule has 4 aromatic carbocycles. The number of aliphatic hydroxyl groups excluding tert-OH is 5. The molecule has 0 spiro atoms. The summed E-state index contributed by atoms with van der Waals surface area (Å²) in [5.74, 6) is -0.739. The Morgan fingerprint density at radius 1 is 0.778 bits per heavy atom. The summed E-state index contributed by atoms with van der Waals surface area (Å²) in [7, 11) is 0. The molecule has 1 amide bonds. The van der Waals surface area contributed by atoms with Crippen molar-refractivity contribution < 1.29 is 39.5 Å². The number of aliphatic hydroxyl groups is 5. The molecule has 5 N–H and O–H groups in total. The minimum atomic E-state index is -1.47. The number of nitrogens with zero attached hydrogens (tertiary/aromatic N) is 1. The number of halogens is 1. The van der Waals surface area contributed by atoms with Gasteiger partial charge < -0.3 is 35.2 Å². The Labute approximate surface area is 260 Å². The number of hydrogen-bond donors (Lipinski definition) is 5. The maximum Gasteiger partial charge on any atom is 0.233 e. The Balaban J connectivity index is 1.23. The van der Waals surface area contributed by atoms with E-state index < -0.39 is 43.2 Å². The number of hydrogen-bond acceptors (Lipinski definition) is 7. The van der Waals surface area contributed by atoms with Gasteiger partial charge in [0, 0.05) is 5.69 Å². The topological polar surface area (TPSA) is 131 Å². The second-order valence-corrected chi connectivity index (χ2v) is 11.7. The summed E-state index contributed by atoms with van der Waals surface area (Å²) >= 11 is 0. The van der Waals surface area contributed by atoms with E-state index in [1.807, 2.05) is 72.8 Å².